The normalized spacial score (nSPS) is 15.7. The lowest BCUT2D eigenvalue weighted by atomic mass is 10.00. The van der Waals surface area contributed by atoms with Crippen LogP contribution in [0.4, 0.5) is 4.79 Å². The molecular weight excluding hydrogens is 552 g/mol. The number of likely N-dealkylation sites (tertiary alicyclic amines) is 1. The number of hydrogen-bond donors (Lipinski definition) is 1. The predicted molar refractivity (Wildman–Crippen MR) is 164 cm³/mol. The Labute approximate surface area is 251 Å². The molecule has 0 aliphatic carbocycles. The van der Waals surface area contributed by atoms with Crippen LogP contribution < -0.4 is 5.32 Å². The summed E-state index contributed by atoms with van der Waals surface area (Å²) in [7, 11) is -3.46. The van der Waals surface area contributed by atoms with Crippen LogP contribution in [0.3, 0.4) is 0 Å². The molecule has 0 radical (unpaired) electrons. The molecule has 0 bridgehead atoms. The van der Waals surface area contributed by atoms with E-state index in [0.717, 1.165) is 36.1 Å². The summed E-state index contributed by atoms with van der Waals surface area (Å²) >= 11 is 0. The Morgan fingerprint density at radius 2 is 1.83 bits per heavy atom. The molecule has 1 N–H and O–H groups in total. The van der Waals surface area contributed by atoms with Crippen molar-refractivity contribution >= 4 is 22.3 Å². The van der Waals surface area contributed by atoms with E-state index in [9.17, 15) is 23.3 Å². The largest absolute Gasteiger partial charge is 0.444 e. The van der Waals surface area contributed by atoms with Crippen molar-refractivity contribution in [3.05, 3.63) is 53.6 Å². The molecule has 1 aliphatic heterocycles. The second-order valence-electron chi connectivity index (χ2n) is 11.4. The van der Waals surface area contributed by atoms with Crippen molar-refractivity contribution in [2.45, 2.75) is 95.7 Å². The molecule has 2 aromatic rings. The van der Waals surface area contributed by atoms with Gasteiger partial charge in [0.15, 0.2) is 9.84 Å². The second kappa shape index (κ2) is 15.9. The minimum Gasteiger partial charge on any atom is -0.444 e. The summed E-state index contributed by atoms with van der Waals surface area (Å²) < 4.78 is 29.9. The summed E-state index contributed by atoms with van der Waals surface area (Å²) in [4.78, 5) is 24.1. The Morgan fingerprint density at radius 1 is 1.17 bits per heavy atom. The zero-order valence-corrected chi connectivity index (χ0v) is 26.0. The quantitative estimate of drug-likeness (QED) is 0.349. The Kier molecular flexibility index (Phi) is 13.0. The van der Waals surface area contributed by atoms with Crippen LogP contribution in [-0.4, -0.2) is 55.8 Å². The second-order valence-corrected chi connectivity index (χ2v) is 13.4. The van der Waals surface area contributed by atoms with Crippen LogP contribution >= 0.6 is 0 Å². The van der Waals surface area contributed by atoms with E-state index in [1.807, 2.05) is 62.1 Å². The zero-order chi connectivity index (χ0) is 31.3. The highest BCUT2D eigenvalue weighted by molar-refractivity contribution is 7.91. The first kappa shape index (κ1) is 34.3. The van der Waals surface area contributed by atoms with Crippen LogP contribution in [0.5, 0.6) is 0 Å². The number of amides is 2. The van der Waals surface area contributed by atoms with E-state index < -0.39 is 15.9 Å². The molecule has 2 amide bonds. The molecule has 1 saturated heterocycles. The number of nitrogens with zero attached hydrogens (tertiary/aromatic N) is 3. The maximum Gasteiger partial charge on any atom is 0.410 e. The summed E-state index contributed by atoms with van der Waals surface area (Å²) in [6.45, 7) is 10.4. The van der Waals surface area contributed by atoms with Gasteiger partial charge in [-0.25, -0.2) is 13.2 Å². The molecule has 1 aliphatic rings. The Bertz CT molecular complexity index is 1390. The maximum atomic E-state index is 12.3. The van der Waals surface area contributed by atoms with Crippen LogP contribution in [0.2, 0.25) is 0 Å². The van der Waals surface area contributed by atoms with E-state index in [2.05, 4.69) is 12.2 Å². The molecule has 2 aromatic carbocycles. The number of aryl methyl sites for hydroxylation is 1. The van der Waals surface area contributed by atoms with Crippen LogP contribution in [0, 0.1) is 22.7 Å². The predicted octanol–water partition coefficient (Wildman–Crippen LogP) is 6.02. The summed E-state index contributed by atoms with van der Waals surface area (Å²) in [6, 6.07) is 16.2. The van der Waals surface area contributed by atoms with Gasteiger partial charge >= 0.3 is 6.09 Å². The SMILES string of the molecule is CCCS(=O)(=O)c1ccc(-c2ccc(CC[C@@H](C#N)NC=O)cc2)cc1C#N.C[C@@H]1CCCCN1C(=O)OC(C)(C)C.[HH]. The number of carbonyl (C=O) groups excluding carboxylic acids is 2. The number of nitrogens with one attached hydrogen (secondary N) is 1. The summed E-state index contributed by atoms with van der Waals surface area (Å²) in [5, 5.41) is 20.8. The first-order chi connectivity index (χ1) is 19.8. The minimum atomic E-state index is -3.46. The van der Waals surface area contributed by atoms with Gasteiger partial charge in [-0.05, 0) is 95.0 Å². The van der Waals surface area contributed by atoms with Crippen molar-refractivity contribution < 1.29 is 24.2 Å². The first-order valence-electron chi connectivity index (χ1n) is 14.3. The molecule has 228 valence electrons. The Morgan fingerprint density at radius 3 is 2.38 bits per heavy atom. The minimum absolute atomic E-state index is 0. The fourth-order valence-corrected chi connectivity index (χ4v) is 6.05. The van der Waals surface area contributed by atoms with E-state index in [4.69, 9.17) is 10.00 Å². The number of piperidine rings is 1. The van der Waals surface area contributed by atoms with Crippen LogP contribution in [-0.2, 0) is 25.8 Å². The van der Waals surface area contributed by atoms with Crippen molar-refractivity contribution in [2.75, 3.05) is 12.3 Å². The van der Waals surface area contributed by atoms with E-state index in [1.165, 1.54) is 12.5 Å². The lowest BCUT2D eigenvalue weighted by Gasteiger charge is -2.34. The van der Waals surface area contributed by atoms with Gasteiger partial charge < -0.3 is 15.0 Å². The molecule has 1 heterocycles. The summed E-state index contributed by atoms with van der Waals surface area (Å²) in [6.07, 6.45) is 5.42. The number of carbonyl (C=O) groups is 2. The molecule has 3 rings (SSSR count). The molecule has 0 spiro atoms. The van der Waals surface area contributed by atoms with Gasteiger partial charge in [0.25, 0.3) is 0 Å². The number of nitriles is 2. The maximum absolute atomic E-state index is 12.3. The topological polar surface area (TPSA) is 140 Å². The molecule has 1 fully saturated rings. The van der Waals surface area contributed by atoms with Gasteiger partial charge in [0, 0.05) is 14.0 Å². The van der Waals surface area contributed by atoms with Gasteiger partial charge in [-0.1, -0.05) is 37.3 Å². The van der Waals surface area contributed by atoms with Crippen molar-refractivity contribution in [3.63, 3.8) is 0 Å². The van der Waals surface area contributed by atoms with Gasteiger partial charge in [-0.3, -0.25) is 4.79 Å². The third-order valence-electron chi connectivity index (χ3n) is 6.77. The molecule has 10 heteroatoms. The van der Waals surface area contributed by atoms with Gasteiger partial charge in [0.05, 0.1) is 22.3 Å². The lowest BCUT2D eigenvalue weighted by molar-refractivity contribution is -0.109. The van der Waals surface area contributed by atoms with E-state index in [-0.39, 0.29) is 29.3 Å². The van der Waals surface area contributed by atoms with Crippen LogP contribution in [0.15, 0.2) is 47.4 Å². The number of hydrogen-bond acceptors (Lipinski definition) is 7. The molecule has 0 aromatic heterocycles. The molecular formula is C32H44N4O5S. The van der Waals surface area contributed by atoms with Crippen molar-refractivity contribution in [3.8, 4) is 23.3 Å². The van der Waals surface area contributed by atoms with Gasteiger partial charge in [-0.15, -0.1) is 0 Å². The lowest BCUT2D eigenvalue weighted by Crippen LogP contribution is -2.44. The number of ether oxygens (including phenoxy) is 1. The van der Waals surface area contributed by atoms with E-state index >= 15 is 0 Å². The van der Waals surface area contributed by atoms with Gasteiger partial charge in [-0.2, -0.15) is 10.5 Å². The average Bonchev–Trinajstić information content (AvgIpc) is 2.94. The molecule has 9 nitrogen and oxygen atoms in total. The Balaban J connectivity index is 0.000000519. The van der Waals surface area contributed by atoms with Crippen molar-refractivity contribution in [2.24, 2.45) is 0 Å². The molecule has 2 atom stereocenters. The Hall–Kier alpha value is -3.89. The molecule has 42 heavy (non-hydrogen) atoms. The smallest absolute Gasteiger partial charge is 0.410 e. The van der Waals surface area contributed by atoms with E-state index in [0.29, 0.717) is 31.7 Å². The fraction of sp³-hybridized carbons (Fsp3) is 0.500. The monoisotopic (exact) mass is 596 g/mol. The number of rotatable bonds is 9. The van der Waals surface area contributed by atoms with Crippen LogP contribution in [0.1, 0.15) is 79.3 Å². The zero-order valence-electron chi connectivity index (χ0n) is 25.2. The highest BCUT2D eigenvalue weighted by Crippen LogP contribution is 2.26. The van der Waals surface area contributed by atoms with Crippen LogP contribution in [0.25, 0.3) is 11.1 Å². The van der Waals surface area contributed by atoms with Gasteiger partial charge in [0.2, 0.25) is 6.41 Å². The third-order valence-corrected chi connectivity index (χ3v) is 8.74. The van der Waals surface area contributed by atoms with Gasteiger partial charge in [0.1, 0.15) is 17.7 Å². The fourth-order valence-electron chi connectivity index (χ4n) is 4.58. The summed E-state index contributed by atoms with van der Waals surface area (Å²) in [5.41, 5.74) is 2.40. The van der Waals surface area contributed by atoms with Crippen molar-refractivity contribution in [1.82, 2.24) is 10.2 Å². The molecule has 0 saturated carbocycles. The summed E-state index contributed by atoms with van der Waals surface area (Å²) in [5.74, 6) is 0.0123. The highest BCUT2D eigenvalue weighted by atomic mass is 32.2. The highest BCUT2D eigenvalue weighted by Gasteiger charge is 2.27. The average molecular weight is 597 g/mol. The number of benzene rings is 2. The third kappa shape index (κ3) is 10.5. The first-order valence-corrected chi connectivity index (χ1v) is 16.0. The number of sulfone groups is 1. The van der Waals surface area contributed by atoms with Crippen molar-refractivity contribution in [1.29, 1.82) is 10.5 Å². The standard InChI is InChI=1S/C21H21N3O3S.C11H21NO2.H2/c1-2-11-28(26,27)21-10-8-18(12-19(21)13-22)17-6-3-16(4-7-17)5-9-20(14-23)24-15-25;1-9-7-5-6-8-12(9)10(13)14-11(2,3)4;/h3-4,6-8,10,12,15,20H,2,5,9,11H2,1H3,(H,24,25);9H,5-8H2,1-4H3;1H/t20-;9-;/m01./s1. The van der Waals surface area contributed by atoms with E-state index in [1.54, 1.807) is 19.1 Å². The molecule has 0 unspecified atom stereocenters.